The third kappa shape index (κ3) is 1.39. The lowest BCUT2D eigenvalue weighted by Gasteiger charge is -2.47. The fourth-order valence-corrected chi connectivity index (χ4v) is 4.23. The van der Waals surface area contributed by atoms with Gasteiger partial charge in [0, 0.05) is 11.4 Å². The van der Waals surface area contributed by atoms with Crippen molar-refractivity contribution in [2.24, 2.45) is 5.41 Å². The van der Waals surface area contributed by atoms with Crippen LogP contribution in [-0.4, -0.2) is 26.8 Å². The van der Waals surface area contributed by atoms with E-state index in [1.165, 1.54) is 17.7 Å². The molecule has 0 aromatic carbocycles. The molecule has 0 radical (unpaired) electrons. The maximum absolute atomic E-state index is 6.06. The highest BCUT2D eigenvalue weighted by Gasteiger charge is 2.63. The summed E-state index contributed by atoms with van der Waals surface area (Å²) in [5, 5.41) is 3.34. The van der Waals surface area contributed by atoms with Crippen LogP contribution in [0.4, 0.5) is 0 Å². The fourth-order valence-electron chi connectivity index (χ4n) is 2.90. The number of ether oxygens (including phenoxy) is 1. The van der Waals surface area contributed by atoms with E-state index in [0.717, 1.165) is 24.1 Å². The van der Waals surface area contributed by atoms with Gasteiger partial charge in [-0.1, -0.05) is 11.6 Å². The summed E-state index contributed by atoms with van der Waals surface area (Å²) in [4.78, 5) is 1.41. The lowest BCUT2D eigenvalue weighted by atomic mass is 9.69. The first-order valence-corrected chi connectivity index (χ1v) is 6.90. The van der Waals surface area contributed by atoms with Crippen molar-refractivity contribution in [2.45, 2.75) is 18.3 Å². The van der Waals surface area contributed by atoms with Gasteiger partial charge in [0.1, 0.15) is 0 Å². The third-order valence-electron chi connectivity index (χ3n) is 4.13. The first-order chi connectivity index (χ1) is 7.72. The van der Waals surface area contributed by atoms with Gasteiger partial charge in [0.05, 0.1) is 23.0 Å². The van der Waals surface area contributed by atoms with Crippen molar-refractivity contribution in [3.8, 4) is 0 Å². The Morgan fingerprint density at radius 1 is 1.44 bits per heavy atom. The lowest BCUT2D eigenvalue weighted by Crippen LogP contribution is -2.55. The summed E-state index contributed by atoms with van der Waals surface area (Å²) in [6.45, 7) is 2.82. The molecule has 0 unspecified atom stereocenters. The van der Waals surface area contributed by atoms with Gasteiger partial charge in [0.15, 0.2) is 0 Å². The van der Waals surface area contributed by atoms with E-state index in [2.05, 4.69) is 11.4 Å². The van der Waals surface area contributed by atoms with Crippen molar-refractivity contribution in [1.82, 2.24) is 5.32 Å². The minimum Gasteiger partial charge on any atom is -0.379 e. The van der Waals surface area contributed by atoms with E-state index in [1.807, 2.05) is 13.1 Å². The van der Waals surface area contributed by atoms with Gasteiger partial charge in [-0.2, -0.15) is 0 Å². The van der Waals surface area contributed by atoms with Crippen molar-refractivity contribution in [2.75, 3.05) is 26.8 Å². The van der Waals surface area contributed by atoms with Gasteiger partial charge < -0.3 is 10.1 Å². The quantitative estimate of drug-likeness (QED) is 0.896. The molecule has 0 bridgehead atoms. The molecule has 1 aliphatic heterocycles. The van der Waals surface area contributed by atoms with Crippen LogP contribution in [0, 0.1) is 5.41 Å². The summed E-state index contributed by atoms with van der Waals surface area (Å²) in [6.07, 6.45) is 2.62. The van der Waals surface area contributed by atoms with E-state index in [9.17, 15) is 0 Å². The van der Waals surface area contributed by atoms with Crippen molar-refractivity contribution >= 4 is 22.9 Å². The number of halogens is 1. The van der Waals surface area contributed by atoms with Crippen LogP contribution in [0.2, 0.25) is 4.34 Å². The molecule has 0 atom stereocenters. The number of hydrogen-bond acceptors (Lipinski definition) is 3. The Morgan fingerprint density at radius 2 is 2.19 bits per heavy atom. The Kier molecular flexibility index (Phi) is 2.55. The van der Waals surface area contributed by atoms with E-state index >= 15 is 0 Å². The predicted octanol–water partition coefficient (Wildman–Crippen LogP) is 2.67. The monoisotopic (exact) mass is 257 g/mol. The fraction of sp³-hybridized carbons (Fsp3) is 0.667. The van der Waals surface area contributed by atoms with Gasteiger partial charge in [-0.3, -0.25) is 0 Å². The molecular weight excluding hydrogens is 242 g/mol. The number of hydrogen-bond donors (Lipinski definition) is 1. The Balaban J connectivity index is 1.94. The van der Waals surface area contributed by atoms with Gasteiger partial charge >= 0.3 is 0 Å². The minimum absolute atomic E-state index is 0.244. The standard InChI is InChI=1S/C12H16ClNOS/c1-14-6-11(4-5-11)12(7-15-8-12)9-2-3-10(13)16-9/h2-3,14H,4-8H2,1H3. The van der Waals surface area contributed by atoms with Crippen LogP contribution in [0.1, 0.15) is 17.7 Å². The summed E-state index contributed by atoms with van der Waals surface area (Å²) in [6, 6.07) is 4.20. The molecule has 1 aromatic heterocycles. The van der Waals surface area contributed by atoms with Gasteiger partial charge in [0.2, 0.25) is 0 Å². The molecule has 0 spiro atoms. The van der Waals surface area contributed by atoms with Crippen LogP contribution in [0.3, 0.4) is 0 Å². The van der Waals surface area contributed by atoms with Gasteiger partial charge in [0.25, 0.3) is 0 Å². The molecule has 2 fully saturated rings. The SMILES string of the molecule is CNCC1(C2(c3ccc(Cl)s3)COC2)CC1. The Bertz CT molecular complexity index is 395. The lowest BCUT2D eigenvalue weighted by molar-refractivity contribution is -0.0966. The van der Waals surface area contributed by atoms with Crippen molar-refractivity contribution in [3.63, 3.8) is 0 Å². The van der Waals surface area contributed by atoms with Crippen LogP contribution in [0.5, 0.6) is 0 Å². The highest BCUT2D eigenvalue weighted by Crippen LogP contribution is 2.63. The molecule has 2 nitrogen and oxygen atoms in total. The maximum atomic E-state index is 6.06. The average molecular weight is 258 g/mol. The number of rotatable bonds is 4. The second kappa shape index (κ2) is 3.70. The van der Waals surface area contributed by atoms with Gasteiger partial charge in [-0.15, -0.1) is 11.3 Å². The highest BCUT2D eigenvalue weighted by molar-refractivity contribution is 7.16. The summed E-state index contributed by atoms with van der Waals surface area (Å²) < 4.78 is 6.40. The molecule has 2 heterocycles. The summed E-state index contributed by atoms with van der Waals surface area (Å²) in [5.74, 6) is 0. The van der Waals surface area contributed by atoms with E-state index in [1.54, 1.807) is 11.3 Å². The van der Waals surface area contributed by atoms with Crippen molar-refractivity contribution in [1.29, 1.82) is 0 Å². The molecule has 0 amide bonds. The number of nitrogens with one attached hydrogen (secondary N) is 1. The largest absolute Gasteiger partial charge is 0.379 e. The normalized spacial score (nSPS) is 25.1. The Morgan fingerprint density at radius 3 is 2.56 bits per heavy atom. The zero-order valence-corrected chi connectivity index (χ0v) is 11.0. The van der Waals surface area contributed by atoms with Crippen LogP contribution >= 0.6 is 22.9 Å². The minimum atomic E-state index is 0.244. The third-order valence-corrected chi connectivity index (χ3v) is 5.56. The second-order valence-electron chi connectivity index (χ2n) is 4.99. The van der Waals surface area contributed by atoms with Gasteiger partial charge in [-0.25, -0.2) is 0 Å². The molecule has 1 saturated carbocycles. The molecule has 3 rings (SSSR count). The predicted molar refractivity (Wildman–Crippen MR) is 67.4 cm³/mol. The maximum Gasteiger partial charge on any atom is 0.0931 e. The molecule has 2 aliphatic rings. The van der Waals surface area contributed by atoms with Crippen LogP contribution in [0.25, 0.3) is 0 Å². The van der Waals surface area contributed by atoms with Crippen LogP contribution in [-0.2, 0) is 10.2 Å². The zero-order valence-electron chi connectivity index (χ0n) is 9.38. The van der Waals surface area contributed by atoms with Crippen molar-refractivity contribution in [3.05, 3.63) is 21.3 Å². The second-order valence-corrected chi connectivity index (χ2v) is 6.70. The van der Waals surface area contributed by atoms with E-state index < -0.39 is 0 Å². The van der Waals surface area contributed by atoms with E-state index in [4.69, 9.17) is 16.3 Å². The summed E-state index contributed by atoms with van der Waals surface area (Å²) in [5.41, 5.74) is 0.669. The van der Waals surface area contributed by atoms with Crippen LogP contribution < -0.4 is 5.32 Å². The summed E-state index contributed by atoms with van der Waals surface area (Å²) >= 11 is 7.78. The Labute approximate surface area is 105 Å². The van der Waals surface area contributed by atoms with Gasteiger partial charge in [-0.05, 0) is 37.4 Å². The topological polar surface area (TPSA) is 21.3 Å². The Hall–Kier alpha value is -0.0900. The first kappa shape index (κ1) is 11.0. The first-order valence-electron chi connectivity index (χ1n) is 5.71. The molecule has 16 heavy (non-hydrogen) atoms. The smallest absolute Gasteiger partial charge is 0.0931 e. The van der Waals surface area contributed by atoms with Crippen molar-refractivity contribution < 1.29 is 4.74 Å². The number of thiophene rings is 1. The molecule has 1 aromatic rings. The van der Waals surface area contributed by atoms with E-state index in [-0.39, 0.29) is 5.41 Å². The molecule has 88 valence electrons. The van der Waals surface area contributed by atoms with E-state index in [0.29, 0.717) is 5.41 Å². The molecule has 1 N–H and O–H groups in total. The van der Waals surface area contributed by atoms with Crippen LogP contribution in [0.15, 0.2) is 12.1 Å². The molecule has 1 aliphatic carbocycles. The molecule has 1 saturated heterocycles. The molecule has 4 heteroatoms. The zero-order chi connectivity index (χ0) is 11.2. The highest BCUT2D eigenvalue weighted by atomic mass is 35.5. The average Bonchev–Trinajstić information content (AvgIpc) is 2.82. The summed E-state index contributed by atoms with van der Waals surface area (Å²) in [7, 11) is 2.04. The molecular formula is C12H16ClNOS.